The van der Waals surface area contributed by atoms with Crippen LogP contribution in [0.25, 0.3) is 0 Å². The standard InChI is InChI=1S/C30H32N4O4.2H2S/c1-21-16-28(36)34-26(17-22-12-14-25(35)15-13-22)29(37)32(19-24-10-6-3-7-11-24)20-27(34)33(21)30(38)31-18-23-8-4-2-5-9-23;;/h2-15,21,26-27,35H,16-20H2,1H3,(H,31,38);2*1H2/t21-,26+,27-;;/m1../s1. The predicted molar refractivity (Wildman–Crippen MR) is 163 cm³/mol. The summed E-state index contributed by atoms with van der Waals surface area (Å²) in [6, 6.07) is 24.7. The van der Waals surface area contributed by atoms with E-state index < -0.39 is 12.2 Å². The Kier molecular flexibility index (Phi) is 10.5. The van der Waals surface area contributed by atoms with Crippen LogP contribution in [0.4, 0.5) is 4.79 Å². The molecule has 2 fully saturated rings. The van der Waals surface area contributed by atoms with E-state index >= 15 is 0 Å². The molecule has 0 aliphatic carbocycles. The van der Waals surface area contributed by atoms with Gasteiger partial charge in [0.15, 0.2) is 0 Å². The molecule has 0 aromatic heterocycles. The van der Waals surface area contributed by atoms with Gasteiger partial charge in [0.05, 0.1) is 6.54 Å². The second kappa shape index (κ2) is 13.6. The van der Waals surface area contributed by atoms with Crippen molar-refractivity contribution in [1.29, 1.82) is 0 Å². The number of piperazine rings is 1. The topological polar surface area (TPSA) is 93.2 Å². The van der Waals surface area contributed by atoms with Gasteiger partial charge in [-0.05, 0) is 35.7 Å². The lowest BCUT2D eigenvalue weighted by atomic mass is 9.95. The van der Waals surface area contributed by atoms with E-state index in [1.807, 2.05) is 67.6 Å². The largest absolute Gasteiger partial charge is 0.508 e. The number of benzene rings is 3. The number of nitrogens with one attached hydrogen (secondary N) is 1. The van der Waals surface area contributed by atoms with Gasteiger partial charge in [-0.2, -0.15) is 27.0 Å². The summed E-state index contributed by atoms with van der Waals surface area (Å²) in [6.45, 7) is 2.87. The minimum absolute atomic E-state index is 0. The van der Waals surface area contributed by atoms with Crippen LogP contribution < -0.4 is 5.32 Å². The molecule has 0 unspecified atom stereocenters. The van der Waals surface area contributed by atoms with Gasteiger partial charge in [-0.25, -0.2) is 4.79 Å². The van der Waals surface area contributed by atoms with Crippen LogP contribution in [-0.4, -0.2) is 62.4 Å². The van der Waals surface area contributed by atoms with E-state index in [2.05, 4.69) is 5.32 Å². The number of nitrogens with zero attached hydrogens (tertiary/aromatic N) is 3. The number of aromatic hydroxyl groups is 1. The molecule has 2 aliphatic rings. The fourth-order valence-electron chi connectivity index (χ4n) is 5.41. The van der Waals surface area contributed by atoms with E-state index in [4.69, 9.17) is 0 Å². The first-order valence-electron chi connectivity index (χ1n) is 12.9. The van der Waals surface area contributed by atoms with E-state index in [9.17, 15) is 19.5 Å². The Morgan fingerprint density at radius 3 is 2.10 bits per heavy atom. The van der Waals surface area contributed by atoms with Gasteiger partial charge in [-0.15, -0.1) is 0 Å². The minimum Gasteiger partial charge on any atom is -0.508 e. The minimum atomic E-state index is -0.758. The fourth-order valence-corrected chi connectivity index (χ4v) is 5.41. The third kappa shape index (κ3) is 6.74. The molecule has 3 aromatic rings. The van der Waals surface area contributed by atoms with Gasteiger partial charge in [0.1, 0.15) is 18.0 Å². The molecule has 212 valence electrons. The maximum Gasteiger partial charge on any atom is 0.319 e. The number of carbonyl (C=O) groups is 3. The third-order valence-electron chi connectivity index (χ3n) is 7.29. The van der Waals surface area contributed by atoms with Crippen LogP contribution in [-0.2, 0) is 29.1 Å². The Labute approximate surface area is 248 Å². The highest BCUT2D eigenvalue weighted by Crippen LogP contribution is 2.31. The number of urea groups is 1. The number of phenols is 1. The van der Waals surface area contributed by atoms with Crippen LogP contribution >= 0.6 is 27.0 Å². The van der Waals surface area contributed by atoms with E-state index in [1.54, 1.807) is 39.0 Å². The number of phenolic OH excluding ortho intramolecular Hbond substituents is 1. The number of rotatable bonds is 6. The Hall–Kier alpha value is -3.63. The lowest BCUT2D eigenvalue weighted by molar-refractivity contribution is -0.170. The van der Waals surface area contributed by atoms with Crippen LogP contribution in [0.1, 0.15) is 30.0 Å². The Bertz CT molecular complexity index is 1290. The Morgan fingerprint density at radius 2 is 1.48 bits per heavy atom. The summed E-state index contributed by atoms with van der Waals surface area (Å²) in [5.41, 5.74) is 2.79. The maximum absolute atomic E-state index is 13.8. The molecule has 3 aromatic carbocycles. The summed E-state index contributed by atoms with van der Waals surface area (Å²) in [5.74, 6) is -0.145. The van der Waals surface area contributed by atoms with Crippen molar-refractivity contribution in [3.05, 3.63) is 102 Å². The Balaban J connectivity index is 0.00000220. The molecule has 2 saturated heterocycles. The Morgan fingerprint density at radius 1 is 0.875 bits per heavy atom. The zero-order chi connectivity index (χ0) is 26.6. The van der Waals surface area contributed by atoms with E-state index in [0.29, 0.717) is 19.5 Å². The van der Waals surface area contributed by atoms with Crippen molar-refractivity contribution in [3.8, 4) is 5.75 Å². The molecule has 40 heavy (non-hydrogen) atoms. The first kappa shape index (κ1) is 30.9. The highest BCUT2D eigenvalue weighted by molar-refractivity contribution is 7.59. The summed E-state index contributed by atoms with van der Waals surface area (Å²) in [6.07, 6.45) is -0.154. The predicted octanol–water partition coefficient (Wildman–Crippen LogP) is 3.73. The molecule has 2 N–H and O–H groups in total. The molecule has 0 radical (unpaired) electrons. The van der Waals surface area contributed by atoms with Crippen molar-refractivity contribution in [2.75, 3.05) is 6.54 Å². The molecule has 3 atom stereocenters. The van der Waals surface area contributed by atoms with Gasteiger partial charge in [-0.3, -0.25) is 14.5 Å². The molecule has 4 amide bonds. The zero-order valence-electron chi connectivity index (χ0n) is 22.4. The number of carbonyl (C=O) groups excluding carboxylic acids is 3. The van der Waals surface area contributed by atoms with Crippen molar-refractivity contribution < 1.29 is 19.5 Å². The number of fused-ring (bicyclic) bond motifs is 1. The molecule has 10 heteroatoms. The normalized spacial score (nSPS) is 20.2. The summed E-state index contributed by atoms with van der Waals surface area (Å²) >= 11 is 0. The van der Waals surface area contributed by atoms with Crippen LogP contribution in [0.5, 0.6) is 5.75 Å². The van der Waals surface area contributed by atoms with Gasteiger partial charge in [-0.1, -0.05) is 72.8 Å². The summed E-state index contributed by atoms with van der Waals surface area (Å²) in [5, 5.41) is 12.7. The smallest absolute Gasteiger partial charge is 0.319 e. The van der Waals surface area contributed by atoms with Gasteiger partial charge in [0.25, 0.3) is 0 Å². The van der Waals surface area contributed by atoms with Crippen LogP contribution in [0.2, 0.25) is 0 Å². The molecule has 5 rings (SSSR count). The average molecular weight is 581 g/mol. The van der Waals surface area contributed by atoms with Gasteiger partial charge in [0, 0.05) is 32.0 Å². The monoisotopic (exact) mass is 580 g/mol. The second-order valence-electron chi connectivity index (χ2n) is 9.98. The number of hydrogen-bond donors (Lipinski definition) is 2. The van der Waals surface area contributed by atoms with Crippen molar-refractivity contribution in [2.24, 2.45) is 0 Å². The van der Waals surface area contributed by atoms with Crippen molar-refractivity contribution in [3.63, 3.8) is 0 Å². The first-order valence-corrected chi connectivity index (χ1v) is 12.9. The van der Waals surface area contributed by atoms with E-state index in [0.717, 1.165) is 16.7 Å². The highest BCUT2D eigenvalue weighted by atomic mass is 32.1. The zero-order valence-corrected chi connectivity index (χ0v) is 24.4. The number of hydrogen-bond acceptors (Lipinski definition) is 4. The molecule has 0 spiro atoms. The third-order valence-corrected chi connectivity index (χ3v) is 7.29. The maximum atomic E-state index is 13.8. The quantitative estimate of drug-likeness (QED) is 0.465. The van der Waals surface area contributed by atoms with Crippen molar-refractivity contribution in [2.45, 2.75) is 51.1 Å². The summed E-state index contributed by atoms with van der Waals surface area (Å²) < 4.78 is 0. The fraction of sp³-hybridized carbons (Fsp3) is 0.300. The molecule has 2 aliphatic heterocycles. The van der Waals surface area contributed by atoms with Crippen LogP contribution in [0.3, 0.4) is 0 Å². The van der Waals surface area contributed by atoms with E-state index in [1.165, 1.54) is 0 Å². The highest BCUT2D eigenvalue weighted by Gasteiger charge is 2.50. The van der Waals surface area contributed by atoms with Crippen molar-refractivity contribution in [1.82, 2.24) is 20.0 Å². The molecule has 0 bridgehead atoms. The SMILES string of the molecule is C[C@@H]1CC(=O)N2[C@H](CN(Cc3ccccc3)C(=O)[C@@H]2Cc2ccc(O)cc2)N1C(=O)NCc1ccccc1.S.S. The van der Waals surface area contributed by atoms with Gasteiger partial charge in [0.2, 0.25) is 11.8 Å². The molecular formula is C30H36N4O4S2. The lowest BCUT2D eigenvalue weighted by Gasteiger charge is -2.54. The van der Waals surface area contributed by atoms with Crippen LogP contribution in [0, 0.1) is 0 Å². The average Bonchev–Trinajstić information content (AvgIpc) is 2.92. The molecule has 2 heterocycles. The lowest BCUT2D eigenvalue weighted by Crippen LogP contribution is -2.73. The molecular weight excluding hydrogens is 544 g/mol. The molecule has 0 saturated carbocycles. The van der Waals surface area contributed by atoms with E-state index in [-0.39, 0.29) is 69.6 Å². The summed E-state index contributed by atoms with van der Waals surface area (Å²) in [7, 11) is 0. The molecule has 8 nitrogen and oxygen atoms in total. The van der Waals surface area contributed by atoms with Gasteiger partial charge >= 0.3 is 6.03 Å². The first-order chi connectivity index (χ1) is 18.4. The van der Waals surface area contributed by atoms with Crippen molar-refractivity contribution >= 4 is 44.8 Å². The summed E-state index contributed by atoms with van der Waals surface area (Å²) in [4.78, 5) is 45.9. The number of amides is 4. The second-order valence-corrected chi connectivity index (χ2v) is 9.98. The van der Waals surface area contributed by atoms with Crippen LogP contribution in [0.15, 0.2) is 84.9 Å². The van der Waals surface area contributed by atoms with Gasteiger partial charge < -0.3 is 20.2 Å².